The molecule has 2 aromatic rings. The fraction of sp³-hybridized carbons (Fsp3) is 0. The highest BCUT2D eigenvalue weighted by atomic mass is 35.5. The average Bonchev–Trinajstić information content (AvgIpc) is 2.22. The summed E-state index contributed by atoms with van der Waals surface area (Å²) in [6, 6.07) is 4.56. The fourth-order valence-corrected chi connectivity index (χ4v) is 1.64. The van der Waals surface area contributed by atoms with E-state index in [1.807, 2.05) is 0 Å². The predicted molar refractivity (Wildman–Crippen MR) is 66.2 cm³/mol. The number of benzene rings is 1. The molecule has 0 saturated carbocycles. The zero-order chi connectivity index (χ0) is 12.4. The van der Waals surface area contributed by atoms with Crippen molar-refractivity contribution in [2.24, 2.45) is 0 Å². The Morgan fingerprint density at radius 2 is 1.65 bits per heavy atom. The Balaban J connectivity index is 2.28. The van der Waals surface area contributed by atoms with Crippen LogP contribution in [0.15, 0.2) is 18.2 Å². The molecular formula is C9H5Cl3N4O. The first-order valence-corrected chi connectivity index (χ1v) is 5.50. The van der Waals surface area contributed by atoms with Crippen LogP contribution >= 0.6 is 34.8 Å². The number of rotatable bonds is 2. The summed E-state index contributed by atoms with van der Waals surface area (Å²) >= 11 is 17.0. The van der Waals surface area contributed by atoms with Gasteiger partial charge in [-0.3, -0.25) is 0 Å². The van der Waals surface area contributed by atoms with Crippen LogP contribution in [-0.4, -0.2) is 20.1 Å². The van der Waals surface area contributed by atoms with E-state index in [-0.39, 0.29) is 27.3 Å². The van der Waals surface area contributed by atoms with Gasteiger partial charge in [-0.15, -0.1) is 0 Å². The largest absolute Gasteiger partial charge is 0.506 e. The van der Waals surface area contributed by atoms with Gasteiger partial charge in [0.15, 0.2) is 0 Å². The second-order valence-electron chi connectivity index (χ2n) is 2.99. The summed E-state index contributed by atoms with van der Waals surface area (Å²) < 4.78 is 0. The second-order valence-corrected chi connectivity index (χ2v) is 4.07. The van der Waals surface area contributed by atoms with E-state index < -0.39 is 0 Å². The number of nitrogens with zero attached hydrogens (tertiary/aromatic N) is 3. The van der Waals surface area contributed by atoms with Gasteiger partial charge in [-0.25, -0.2) is 0 Å². The molecule has 2 rings (SSSR count). The van der Waals surface area contributed by atoms with E-state index in [0.717, 1.165) is 0 Å². The fourth-order valence-electron chi connectivity index (χ4n) is 1.10. The highest BCUT2D eigenvalue weighted by molar-refractivity contribution is 6.32. The molecule has 1 aromatic carbocycles. The van der Waals surface area contributed by atoms with Crippen molar-refractivity contribution in [1.82, 2.24) is 15.0 Å². The van der Waals surface area contributed by atoms with E-state index in [4.69, 9.17) is 34.8 Å². The minimum atomic E-state index is -0.0163. The molecular weight excluding hydrogens is 286 g/mol. The van der Waals surface area contributed by atoms with Crippen LogP contribution in [0.4, 0.5) is 11.6 Å². The summed E-state index contributed by atoms with van der Waals surface area (Å²) in [6.07, 6.45) is 0. The molecule has 0 aliphatic rings. The summed E-state index contributed by atoms with van der Waals surface area (Å²) in [5.74, 6) is 0.181. The molecule has 8 heteroatoms. The Labute approximate surface area is 111 Å². The maximum absolute atomic E-state index is 9.25. The van der Waals surface area contributed by atoms with Gasteiger partial charge >= 0.3 is 0 Å². The number of aromatic nitrogens is 3. The topological polar surface area (TPSA) is 70.9 Å². The summed E-state index contributed by atoms with van der Waals surface area (Å²) in [7, 11) is 0. The molecule has 88 valence electrons. The molecule has 0 fully saturated rings. The van der Waals surface area contributed by atoms with Crippen LogP contribution in [-0.2, 0) is 0 Å². The number of phenolic OH excluding ortho intramolecular Hbond substituents is 1. The average molecular weight is 292 g/mol. The predicted octanol–water partition coefficient (Wildman–Crippen LogP) is 3.28. The molecule has 0 aliphatic heterocycles. The molecule has 2 N–H and O–H groups in total. The van der Waals surface area contributed by atoms with Crippen LogP contribution < -0.4 is 5.32 Å². The van der Waals surface area contributed by atoms with Crippen LogP contribution in [0.1, 0.15) is 0 Å². The van der Waals surface area contributed by atoms with Crippen molar-refractivity contribution in [3.05, 3.63) is 33.8 Å². The Kier molecular flexibility index (Phi) is 3.51. The van der Waals surface area contributed by atoms with E-state index in [9.17, 15) is 5.11 Å². The second kappa shape index (κ2) is 4.91. The molecule has 1 aromatic heterocycles. The van der Waals surface area contributed by atoms with E-state index >= 15 is 0 Å². The maximum Gasteiger partial charge on any atom is 0.232 e. The first kappa shape index (κ1) is 12.2. The lowest BCUT2D eigenvalue weighted by Gasteiger charge is -2.05. The SMILES string of the molecule is Oc1ccc(Nc2nc(Cl)nc(Cl)n2)cc1Cl. The van der Waals surface area contributed by atoms with Gasteiger partial charge < -0.3 is 10.4 Å². The molecule has 0 aliphatic carbocycles. The Hall–Kier alpha value is -1.30. The summed E-state index contributed by atoms with van der Waals surface area (Å²) in [5, 5.41) is 12.3. The van der Waals surface area contributed by atoms with Crippen molar-refractivity contribution in [3.8, 4) is 5.75 Å². The highest BCUT2D eigenvalue weighted by Gasteiger charge is 2.05. The summed E-state index contributed by atoms with van der Waals surface area (Å²) in [6.45, 7) is 0. The molecule has 1 heterocycles. The van der Waals surface area contributed by atoms with Crippen molar-refractivity contribution in [2.75, 3.05) is 5.32 Å². The Morgan fingerprint density at radius 3 is 2.24 bits per heavy atom. The van der Waals surface area contributed by atoms with Crippen LogP contribution in [0.25, 0.3) is 0 Å². The Bertz CT molecular complexity index is 544. The third-order valence-electron chi connectivity index (χ3n) is 1.78. The zero-order valence-electron chi connectivity index (χ0n) is 8.15. The lowest BCUT2D eigenvalue weighted by molar-refractivity contribution is 0.475. The van der Waals surface area contributed by atoms with Gasteiger partial charge in [-0.1, -0.05) is 11.6 Å². The lowest BCUT2D eigenvalue weighted by atomic mass is 10.3. The van der Waals surface area contributed by atoms with E-state index in [2.05, 4.69) is 20.3 Å². The van der Waals surface area contributed by atoms with Crippen LogP contribution in [0, 0.1) is 0 Å². The van der Waals surface area contributed by atoms with Crippen molar-refractivity contribution in [1.29, 1.82) is 0 Å². The van der Waals surface area contributed by atoms with Crippen LogP contribution in [0.2, 0.25) is 15.6 Å². The van der Waals surface area contributed by atoms with Crippen molar-refractivity contribution >= 4 is 46.4 Å². The van der Waals surface area contributed by atoms with Crippen molar-refractivity contribution in [2.45, 2.75) is 0 Å². The van der Waals surface area contributed by atoms with Gasteiger partial charge in [-0.2, -0.15) is 15.0 Å². The van der Waals surface area contributed by atoms with Crippen molar-refractivity contribution < 1.29 is 5.11 Å². The monoisotopic (exact) mass is 290 g/mol. The van der Waals surface area contributed by atoms with Gasteiger partial charge in [-0.05, 0) is 41.4 Å². The van der Waals surface area contributed by atoms with Crippen LogP contribution in [0.5, 0.6) is 5.75 Å². The lowest BCUT2D eigenvalue weighted by Crippen LogP contribution is -1.99. The Morgan fingerprint density at radius 1 is 1.00 bits per heavy atom. The molecule has 17 heavy (non-hydrogen) atoms. The molecule has 0 radical (unpaired) electrons. The number of hydrogen-bond acceptors (Lipinski definition) is 5. The van der Waals surface area contributed by atoms with Gasteiger partial charge in [0.1, 0.15) is 5.75 Å². The molecule has 5 nitrogen and oxygen atoms in total. The number of phenols is 1. The smallest absolute Gasteiger partial charge is 0.232 e. The number of anilines is 2. The van der Waals surface area contributed by atoms with Gasteiger partial charge in [0.2, 0.25) is 16.5 Å². The minimum absolute atomic E-state index is 0.0103. The normalized spacial score (nSPS) is 10.3. The molecule has 0 spiro atoms. The molecule has 0 bridgehead atoms. The summed E-state index contributed by atoms with van der Waals surface area (Å²) in [5.41, 5.74) is 0.589. The molecule has 0 unspecified atom stereocenters. The van der Waals surface area contributed by atoms with Gasteiger partial charge in [0, 0.05) is 5.69 Å². The van der Waals surface area contributed by atoms with E-state index in [0.29, 0.717) is 5.69 Å². The number of nitrogens with one attached hydrogen (secondary N) is 1. The number of aromatic hydroxyl groups is 1. The first-order valence-electron chi connectivity index (χ1n) is 4.37. The van der Waals surface area contributed by atoms with Crippen molar-refractivity contribution in [3.63, 3.8) is 0 Å². The molecule has 0 atom stereocenters. The standard InChI is InChI=1S/C9H5Cl3N4O/c10-5-3-4(1-2-6(5)17)13-9-15-7(11)14-8(12)16-9/h1-3,17H,(H,13,14,15,16). The van der Waals surface area contributed by atoms with E-state index in [1.165, 1.54) is 12.1 Å². The van der Waals surface area contributed by atoms with Gasteiger partial charge in [0.05, 0.1) is 5.02 Å². The van der Waals surface area contributed by atoms with Crippen LogP contribution in [0.3, 0.4) is 0 Å². The third kappa shape index (κ3) is 3.09. The number of halogens is 3. The maximum atomic E-state index is 9.25. The first-order chi connectivity index (χ1) is 8.04. The molecule has 0 amide bonds. The van der Waals surface area contributed by atoms with Gasteiger partial charge in [0.25, 0.3) is 0 Å². The van der Waals surface area contributed by atoms with E-state index in [1.54, 1.807) is 6.07 Å². The zero-order valence-corrected chi connectivity index (χ0v) is 10.4. The molecule has 0 saturated heterocycles. The number of hydrogen-bond donors (Lipinski definition) is 2. The summed E-state index contributed by atoms with van der Waals surface area (Å²) in [4.78, 5) is 11.3. The highest BCUT2D eigenvalue weighted by Crippen LogP contribution is 2.27. The minimum Gasteiger partial charge on any atom is -0.506 e. The third-order valence-corrected chi connectivity index (χ3v) is 2.43. The quantitative estimate of drug-likeness (QED) is 0.831.